The van der Waals surface area contributed by atoms with Gasteiger partial charge >= 0.3 is 11.9 Å². The summed E-state index contributed by atoms with van der Waals surface area (Å²) in [6.45, 7) is 4.51. The first-order valence-electron chi connectivity index (χ1n) is 16.1. The molecule has 0 N–H and O–H groups in total. The Morgan fingerprint density at radius 2 is 1.24 bits per heavy atom. The number of allylic oxidation sites excluding steroid dienone is 2. The van der Waals surface area contributed by atoms with Crippen LogP contribution in [0.3, 0.4) is 0 Å². The maximum Gasteiger partial charge on any atom is 0.306 e. The number of halogens is 3. The van der Waals surface area contributed by atoms with Gasteiger partial charge < -0.3 is 9.47 Å². The number of esters is 2. The Morgan fingerprint density at radius 1 is 0.735 bits per heavy atom. The molecule has 2 aliphatic carbocycles. The van der Waals surface area contributed by atoms with Gasteiger partial charge in [0.1, 0.15) is 0 Å². The summed E-state index contributed by atoms with van der Waals surface area (Å²) in [7, 11) is 0. The molecule has 0 radical (unpaired) electrons. The average molecular weight is 799 g/mol. The second-order valence-corrected chi connectivity index (χ2v) is 14.1. The second kappa shape index (κ2) is 20.0. The first-order valence-corrected chi connectivity index (χ1v) is 19.3. The van der Waals surface area contributed by atoms with Crippen LogP contribution in [0.4, 0.5) is 0 Å². The lowest BCUT2D eigenvalue weighted by molar-refractivity contribution is -0.143. The highest BCUT2D eigenvalue weighted by atomic mass is 79.9. The zero-order valence-electron chi connectivity index (χ0n) is 27.5. The van der Waals surface area contributed by atoms with E-state index in [2.05, 4.69) is 87.9 Å². The molecular weight excluding hydrogens is 759 g/mol. The fourth-order valence-electron chi connectivity index (χ4n) is 5.48. The summed E-state index contributed by atoms with van der Waals surface area (Å²) >= 11 is 22.0. The summed E-state index contributed by atoms with van der Waals surface area (Å²) < 4.78 is 10.7. The van der Waals surface area contributed by atoms with Crippen molar-refractivity contribution in [1.29, 1.82) is 0 Å². The summed E-state index contributed by atoms with van der Waals surface area (Å²) in [4.78, 5) is 23.0. The molecule has 0 amide bonds. The summed E-state index contributed by atoms with van der Waals surface area (Å²) in [5.74, 6) is 0.951. The van der Waals surface area contributed by atoms with E-state index in [1.165, 1.54) is 22.3 Å². The molecule has 4 aromatic rings. The molecular formula is C40H39BrCl2O4S2. The minimum Gasteiger partial charge on any atom is -0.466 e. The lowest BCUT2D eigenvalue weighted by atomic mass is 9.96. The molecule has 9 heteroatoms. The lowest BCUT2D eigenvalue weighted by Gasteiger charge is -2.15. The third-order valence-electron chi connectivity index (χ3n) is 7.63. The summed E-state index contributed by atoms with van der Waals surface area (Å²) in [5.41, 5.74) is 9.68. The van der Waals surface area contributed by atoms with E-state index in [9.17, 15) is 9.59 Å². The number of hydrogen-bond donors (Lipinski definition) is 1. The Bertz CT molecular complexity index is 1810. The number of thiol groups is 1. The van der Waals surface area contributed by atoms with Crippen molar-refractivity contribution in [2.75, 3.05) is 24.7 Å². The molecule has 6 rings (SSSR count). The van der Waals surface area contributed by atoms with Crippen LogP contribution >= 0.6 is 63.5 Å². The molecule has 4 nitrogen and oxygen atoms in total. The molecule has 0 atom stereocenters. The van der Waals surface area contributed by atoms with Crippen LogP contribution in [0.15, 0.2) is 94.3 Å². The van der Waals surface area contributed by atoms with E-state index in [-0.39, 0.29) is 11.9 Å². The fraction of sp³-hybridized carbons (Fsp3) is 0.250. The van der Waals surface area contributed by atoms with Gasteiger partial charge in [0.25, 0.3) is 0 Å². The van der Waals surface area contributed by atoms with Gasteiger partial charge in [-0.25, -0.2) is 0 Å². The van der Waals surface area contributed by atoms with Gasteiger partial charge in [-0.05, 0) is 84.3 Å². The third kappa shape index (κ3) is 10.8. The van der Waals surface area contributed by atoms with E-state index in [1.807, 2.05) is 49.4 Å². The van der Waals surface area contributed by atoms with Crippen LogP contribution in [0, 0.1) is 0 Å². The largest absolute Gasteiger partial charge is 0.466 e. The Labute approximate surface area is 317 Å². The number of fused-ring (bicyclic) bond motifs is 2. The number of ether oxygens (including phenoxy) is 2. The molecule has 256 valence electrons. The highest BCUT2D eigenvalue weighted by molar-refractivity contribution is 9.10. The smallest absolute Gasteiger partial charge is 0.306 e. The molecule has 0 unspecified atom stereocenters. The van der Waals surface area contributed by atoms with E-state index in [1.54, 1.807) is 18.7 Å². The number of benzene rings is 4. The molecule has 2 aliphatic rings. The first kappa shape index (κ1) is 38.9. The number of rotatable bonds is 10. The van der Waals surface area contributed by atoms with E-state index in [4.69, 9.17) is 27.9 Å². The van der Waals surface area contributed by atoms with E-state index < -0.39 is 0 Å². The standard InChI is InChI=1S/C20H19ClO2S.C15H10BrCl.C5H10O2S/c1-2-23-19(22)12-13-24-18-9-4-3-7-16(18)20-15-8-5-6-14(15)10-11-17(20)21;16-13-7-2-1-5-12(13)15-11-6-3-4-10(11)8-9-14(15)17;1-2-7-5(6)3-4-8/h3-7,9-11H,2,8,12-13H2,1H3;1-5,7-9H,6H2;8H,2-4H2,1H3. The third-order valence-corrected chi connectivity index (χ3v) is 10.2. The highest BCUT2D eigenvalue weighted by Gasteiger charge is 2.19. The Hall–Kier alpha value is -2.94. The SMILES string of the molecule is CCOC(=O)CCS.CCOC(=O)CCSc1ccccc1-c1c(Cl)ccc2c1CC=C2.Clc1ccc2c(c1-c1ccccc1Br)CC=C2. The van der Waals surface area contributed by atoms with Crippen LogP contribution in [-0.4, -0.2) is 36.7 Å². The average Bonchev–Trinajstić information content (AvgIpc) is 3.77. The van der Waals surface area contributed by atoms with E-state index in [0.717, 1.165) is 54.5 Å². The van der Waals surface area contributed by atoms with Crippen molar-refractivity contribution in [3.8, 4) is 22.3 Å². The Kier molecular flexibility index (Phi) is 15.9. The zero-order valence-corrected chi connectivity index (χ0v) is 32.3. The molecule has 0 fully saturated rings. The van der Waals surface area contributed by atoms with Crippen molar-refractivity contribution >= 4 is 87.6 Å². The molecule has 49 heavy (non-hydrogen) atoms. The van der Waals surface area contributed by atoms with Crippen LogP contribution < -0.4 is 0 Å². The zero-order chi connectivity index (χ0) is 35.2. The first-order chi connectivity index (χ1) is 23.8. The Morgan fingerprint density at radius 3 is 1.80 bits per heavy atom. The van der Waals surface area contributed by atoms with Gasteiger partial charge in [0.05, 0.1) is 26.1 Å². The number of thioether (sulfide) groups is 1. The van der Waals surface area contributed by atoms with E-state index in [0.29, 0.717) is 37.6 Å². The van der Waals surface area contributed by atoms with Crippen LogP contribution in [0.2, 0.25) is 10.0 Å². The number of carbonyl (C=O) groups excluding carboxylic acids is 2. The quantitative estimate of drug-likeness (QED) is 0.0984. The van der Waals surface area contributed by atoms with Crippen LogP contribution in [0.1, 0.15) is 48.9 Å². The van der Waals surface area contributed by atoms with E-state index >= 15 is 0 Å². The maximum atomic E-state index is 11.5. The van der Waals surface area contributed by atoms with Gasteiger partial charge in [0, 0.05) is 42.0 Å². The monoisotopic (exact) mass is 796 g/mol. The molecule has 0 heterocycles. The molecule has 0 aliphatic heterocycles. The van der Waals surface area contributed by atoms with Crippen molar-refractivity contribution in [2.24, 2.45) is 0 Å². The second-order valence-electron chi connectivity index (χ2n) is 10.9. The number of hydrogen-bond acceptors (Lipinski definition) is 6. The van der Waals surface area contributed by atoms with Crippen molar-refractivity contribution in [3.63, 3.8) is 0 Å². The predicted molar refractivity (Wildman–Crippen MR) is 214 cm³/mol. The minimum atomic E-state index is -0.164. The normalized spacial score (nSPS) is 11.9. The molecule has 0 bridgehead atoms. The Balaban J connectivity index is 0.000000188. The van der Waals surface area contributed by atoms with Crippen molar-refractivity contribution in [2.45, 2.75) is 44.4 Å². The molecule has 0 saturated heterocycles. The summed E-state index contributed by atoms with van der Waals surface area (Å²) in [5, 5.41) is 1.59. The van der Waals surface area contributed by atoms with Crippen LogP contribution in [0.25, 0.3) is 34.4 Å². The predicted octanol–water partition coefficient (Wildman–Crippen LogP) is 11.8. The number of carbonyl (C=O) groups is 2. The van der Waals surface area contributed by atoms with Gasteiger partial charge in [-0.2, -0.15) is 12.6 Å². The highest BCUT2D eigenvalue weighted by Crippen LogP contribution is 2.42. The van der Waals surface area contributed by atoms with Crippen molar-refractivity contribution in [1.82, 2.24) is 0 Å². The van der Waals surface area contributed by atoms with Crippen LogP contribution in [0.5, 0.6) is 0 Å². The maximum absolute atomic E-state index is 11.5. The van der Waals surface area contributed by atoms with Gasteiger partial charge in [-0.3, -0.25) is 9.59 Å². The molecule has 0 aromatic heterocycles. The van der Waals surface area contributed by atoms with Crippen molar-refractivity contribution < 1.29 is 19.1 Å². The van der Waals surface area contributed by atoms with Gasteiger partial charge in [-0.1, -0.05) is 112 Å². The minimum absolute atomic E-state index is 0.148. The summed E-state index contributed by atoms with van der Waals surface area (Å²) in [6, 6.07) is 24.5. The molecule has 0 saturated carbocycles. The van der Waals surface area contributed by atoms with Gasteiger partial charge in [0.2, 0.25) is 0 Å². The lowest BCUT2D eigenvalue weighted by Crippen LogP contribution is -2.04. The molecule has 4 aromatic carbocycles. The summed E-state index contributed by atoms with van der Waals surface area (Å²) in [6.07, 6.45) is 11.4. The molecule has 0 spiro atoms. The van der Waals surface area contributed by atoms with Crippen LogP contribution in [-0.2, 0) is 31.9 Å². The van der Waals surface area contributed by atoms with Gasteiger partial charge in [0.15, 0.2) is 0 Å². The fourth-order valence-corrected chi connectivity index (χ4v) is 7.69. The topological polar surface area (TPSA) is 52.6 Å². The van der Waals surface area contributed by atoms with Crippen molar-refractivity contribution in [3.05, 3.63) is 122 Å². The van der Waals surface area contributed by atoms with Gasteiger partial charge in [-0.15, -0.1) is 11.8 Å².